The van der Waals surface area contributed by atoms with Crippen LogP contribution in [0.15, 0.2) is 46.7 Å². The van der Waals surface area contributed by atoms with E-state index in [0.717, 1.165) is 11.1 Å². The summed E-state index contributed by atoms with van der Waals surface area (Å²) in [6.07, 6.45) is 3.21. The smallest absolute Gasteiger partial charge is 0.240 e. The molecule has 0 unspecified atom stereocenters. The zero-order valence-corrected chi connectivity index (χ0v) is 11.4. The number of anilines is 2. The summed E-state index contributed by atoms with van der Waals surface area (Å²) < 4.78 is 23.1. The Bertz CT molecular complexity index is 677. The van der Waals surface area contributed by atoms with Crippen LogP contribution >= 0.6 is 0 Å². The van der Waals surface area contributed by atoms with Crippen molar-refractivity contribution in [2.45, 2.75) is 18.7 Å². The summed E-state index contributed by atoms with van der Waals surface area (Å²) in [6, 6.07) is 4.33. The second kappa shape index (κ2) is 4.60. The number of nitrogens with two attached hydrogens (primary N) is 2. The minimum absolute atomic E-state index is 0.0429. The lowest BCUT2D eigenvalue weighted by atomic mass is 10.1. The van der Waals surface area contributed by atoms with Gasteiger partial charge in [0, 0.05) is 11.9 Å². The van der Waals surface area contributed by atoms with Crippen LogP contribution in [0.4, 0.5) is 11.4 Å². The highest BCUT2D eigenvalue weighted by atomic mass is 32.2. The topological polar surface area (TPSA) is 98.7 Å². The number of rotatable bonds is 2. The van der Waals surface area contributed by atoms with E-state index in [2.05, 4.69) is 0 Å². The van der Waals surface area contributed by atoms with Crippen LogP contribution in [0, 0.1) is 0 Å². The molecule has 1 heterocycles. The fraction of sp³-hybridized carbons (Fsp3) is 0.167. The molecule has 6 nitrogen and oxygen atoms in total. The molecule has 1 aliphatic heterocycles. The van der Waals surface area contributed by atoms with E-state index in [9.17, 15) is 8.42 Å². The number of hydroxylamine groups is 1. The summed E-state index contributed by atoms with van der Waals surface area (Å²) in [7, 11) is -3.86. The van der Waals surface area contributed by atoms with Crippen molar-refractivity contribution in [3.63, 3.8) is 0 Å². The molecule has 0 aromatic heterocycles. The van der Waals surface area contributed by atoms with Crippen molar-refractivity contribution in [2.24, 2.45) is 5.14 Å². The van der Waals surface area contributed by atoms with E-state index in [1.807, 2.05) is 13.8 Å². The maximum absolute atomic E-state index is 11.6. The van der Waals surface area contributed by atoms with E-state index in [1.165, 1.54) is 29.5 Å². The molecule has 1 aromatic rings. The summed E-state index contributed by atoms with van der Waals surface area (Å²) in [5.74, 6) is 0. The second-order valence-electron chi connectivity index (χ2n) is 4.32. The first kappa shape index (κ1) is 13.4. The first-order valence-electron chi connectivity index (χ1n) is 5.53. The number of nitrogens with zero attached hydrogens (tertiary/aromatic N) is 1. The van der Waals surface area contributed by atoms with Crippen LogP contribution in [0.2, 0.25) is 0 Å². The zero-order valence-electron chi connectivity index (χ0n) is 10.6. The van der Waals surface area contributed by atoms with Crippen LogP contribution in [0.1, 0.15) is 13.8 Å². The summed E-state index contributed by atoms with van der Waals surface area (Å²) in [6.45, 7) is 3.79. The van der Waals surface area contributed by atoms with E-state index in [-0.39, 0.29) is 10.6 Å². The SMILES string of the molecule is CC1=CON(c2cc(N)ccc2S(N)(=O)=O)C=C1C. The summed E-state index contributed by atoms with van der Waals surface area (Å²) in [5.41, 5.74) is 8.30. The second-order valence-corrected chi connectivity index (χ2v) is 5.85. The number of hydrogen-bond donors (Lipinski definition) is 2. The van der Waals surface area contributed by atoms with Gasteiger partial charge in [0.25, 0.3) is 0 Å². The first-order valence-corrected chi connectivity index (χ1v) is 7.07. The largest absolute Gasteiger partial charge is 0.399 e. The van der Waals surface area contributed by atoms with E-state index < -0.39 is 10.0 Å². The predicted molar refractivity (Wildman–Crippen MR) is 73.3 cm³/mol. The van der Waals surface area contributed by atoms with Crippen molar-refractivity contribution >= 4 is 21.4 Å². The fourth-order valence-electron chi connectivity index (χ4n) is 1.61. The molecule has 0 aliphatic carbocycles. The Morgan fingerprint density at radius 2 is 1.89 bits per heavy atom. The maximum Gasteiger partial charge on any atom is 0.240 e. The predicted octanol–water partition coefficient (Wildman–Crippen LogP) is 1.48. The van der Waals surface area contributed by atoms with Crippen molar-refractivity contribution in [2.75, 3.05) is 10.8 Å². The van der Waals surface area contributed by atoms with E-state index in [1.54, 1.807) is 6.20 Å². The Balaban J connectivity index is 2.55. The lowest BCUT2D eigenvalue weighted by Gasteiger charge is -2.25. The van der Waals surface area contributed by atoms with Gasteiger partial charge in [0.2, 0.25) is 10.0 Å². The Morgan fingerprint density at radius 3 is 2.47 bits per heavy atom. The first-order chi connectivity index (χ1) is 8.79. The number of primary sulfonamides is 1. The van der Waals surface area contributed by atoms with Crippen LogP contribution in [0.25, 0.3) is 0 Å². The molecular formula is C12H15N3O3S. The molecular weight excluding hydrogens is 266 g/mol. The van der Waals surface area contributed by atoms with Crippen LogP contribution in [-0.4, -0.2) is 8.42 Å². The molecule has 19 heavy (non-hydrogen) atoms. The van der Waals surface area contributed by atoms with Crippen LogP contribution in [-0.2, 0) is 14.9 Å². The minimum Gasteiger partial charge on any atom is -0.399 e. The summed E-state index contributed by atoms with van der Waals surface area (Å²) >= 11 is 0. The molecule has 0 fully saturated rings. The number of sulfonamides is 1. The zero-order chi connectivity index (χ0) is 14.2. The molecule has 0 atom stereocenters. The highest BCUT2D eigenvalue weighted by Gasteiger charge is 2.20. The quantitative estimate of drug-likeness (QED) is 0.800. The molecule has 0 radical (unpaired) electrons. The maximum atomic E-state index is 11.6. The van der Waals surface area contributed by atoms with Crippen molar-refractivity contribution in [1.29, 1.82) is 0 Å². The van der Waals surface area contributed by atoms with E-state index >= 15 is 0 Å². The van der Waals surface area contributed by atoms with E-state index in [0.29, 0.717) is 5.69 Å². The van der Waals surface area contributed by atoms with Crippen molar-refractivity contribution < 1.29 is 13.3 Å². The molecule has 2 rings (SSSR count). The molecule has 0 bridgehead atoms. The normalized spacial score (nSPS) is 15.6. The number of nitrogen functional groups attached to an aromatic ring is 1. The van der Waals surface area contributed by atoms with Crippen LogP contribution < -0.4 is 15.9 Å². The number of benzene rings is 1. The third-order valence-electron chi connectivity index (χ3n) is 2.80. The summed E-state index contributed by atoms with van der Waals surface area (Å²) in [4.78, 5) is 5.31. The average molecular weight is 281 g/mol. The van der Waals surface area contributed by atoms with Gasteiger partial charge in [0.1, 0.15) is 16.8 Å². The van der Waals surface area contributed by atoms with Gasteiger partial charge < -0.3 is 10.6 Å². The molecule has 0 amide bonds. The van der Waals surface area contributed by atoms with E-state index in [4.69, 9.17) is 15.7 Å². The molecule has 7 heteroatoms. The van der Waals surface area contributed by atoms with Crippen molar-refractivity contribution in [1.82, 2.24) is 0 Å². The van der Waals surface area contributed by atoms with Gasteiger partial charge in [0.05, 0.1) is 0 Å². The monoisotopic (exact) mass is 281 g/mol. The van der Waals surface area contributed by atoms with Crippen molar-refractivity contribution in [3.8, 4) is 0 Å². The Hall–Kier alpha value is -1.99. The molecule has 1 aromatic carbocycles. The number of allylic oxidation sites excluding steroid dienone is 2. The highest BCUT2D eigenvalue weighted by molar-refractivity contribution is 7.89. The minimum atomic E-state index is -3.86. The third kappa shape index (κ3) is 2.72. The molecule has 0 spiro atoms. The van der Waals surface area contributed by atoms with Gasteiger partial charge in [-0.1, -0.05) is 0 Å². The van der Waals surface area contributed by atoms with Crippen molar-refractivity contribution in [3.05, 3.63) is 41.8 Å². The van der Waals surface area contributed by atoms with Crippen LogP contribution in [0.5, 0.6) is 0 Å². The van der Waals surface area contributed by atoms with Crippen LogP contribution in [0.3, 0.4) is 0 Å². The molecule has 4 N–H and O–H groups in total. The van der Waals surface area contributed by atoms with Gasteiger partial charge in [-0.05, 0) is 43.2 Å². The highest BCUT2D eigenvalue weighted by Crippen LogP contribution is 2.30. The lowest BCUT2D eigenvalue weighted by Crippen LogP contribution is -2.22. The lowest BCUT2D eigenvalue weighted by molar-refractivity contribution is 0.239. The average Bonchev–Trinajstić information content (AvgIpc) is 2.31. The van der Waals surface area contributed by atoms with Gasteiger partial charge in [-0.15, -0.1) is 0 Å². The summed E-state index contributed by atoms with van der Waals surface area (Å²) in [5, 5.41) is 6.52. The van der Waals surface area contributed by atoms with Gasteiger partial charge in [-0.2, -0.15) is 5.06 Å². The van der Waals surface area contributed by atoms with Gasteiger partial charge in [-0.3, -0.25) is 0 Å². The molecule has 1 aliphatic rings. The standard InChI is InChI=1S/C12H15N3O3S/c1-8-6-15(18-7-9(8)2)11-5-10(13)3-4-12(11)19(14,16)17/h3-7H,13H2,1-2H3,(H2,14,16,17). The van der Waals surface area contributed by atoms with Gasteiger partial charge in [0.15, 0.2) is 0 Å². The Kier molecular flexibility index (Phi) is 3.25. The molecule has 102 valence electrons. The molecule has 0 saturated heterocycles. The molecule has 0 saturated carbocycles. The van der Waals surface area contributed by atoms with Gasteiger partial charge in [-0.25, -0.2) is 13.6 Å². The fourth-order valence-corrected chi connectivity index (χ4v) is 2.31. The Labute approximate surface area is 112 Å². The van der Waals surface area contributed by atoms with Gasteiger partial charge >= 0.3 is 0 Å². The number of hydrogen-bond acceptors (Lipinski definition) is 5. The third-order valence-corrected chi connectivity index (χ3v) is 3.76. The Morgan fingerprint density at radius 1 is 1.21 bits per heavy atom.